The summed E-state index contributed by atoms with van der Waals surface area (Å²) in [6.45, 7) is 0.520. The number of benzene rings is 2. The van der Waals surface area contributed by atoms with Crippen LogP contribution in [0.3, 0.4) is 0 Å². The molecule has 2 N–H and O–H groups in total. The van der Waals surface area contributed by atoms with Crippen molar-refractivity contribution in [3.8, 4) is 0 Å². The molecule has 1 atom stereocenters. The zero-order valence-electron chi connectivity index (χ0n) is 12.3. The van der Waals surface area contributed by atoms with Gasteiger partial charge in [0.25, 0.3) is 0 Å². The Balaban J connectivity index is 1.97. The van der Waals surface area contributed by atoms with Gasteiger partial charge >= 0.3 is 0 Å². The molecule has 21 heavy (non-hydrogen) atoms. The van der Waals surface area contributed by atoms with E-state index in [9.17, 15) is 4.39 Å². The molecule has 1 unspecified atom stereocenters. The number of nitrogens with two attached hydrogens (primary N) is 1. The van der Waals surface area contributed by atoms with Crippen LogP contribution in [0, 0.1) is 5.82 Å². The molecule has 0 bridgehead atoms. The van der Waals surface area contributed by atoms with Crippen LogP contribution in [0.2, 0.25) is 0 Å². The Kier molecular flexibility index (Phi) is 3.68. The van der Waals surface area contributed by atoms with Gasteiger partial charge in [-0.1, -0.05) is 36.4 Å². The lowest BCUT2D eigenvalue weighted by atomic mass is 9.76. The van der Waals surface area contributed by atoms with E-state index >= 15 is 0 Å². The Bertz CT molecular complexity index is 641. The molecule has 0 saturated heterocycles. The van der Waals surface area contributed by atoms with E-state index in [1.165, 1.54) is 17.2 Å². The number of nitrogens with zero attached hydrogens (tertiary/aromatic N) is 1. The Hall–Kier alpha value is -1.87. The Labute approximate surface area is 125 Å². The molecule has 0 aliphatic heterocycles. The molecule has 110 valence electrons. The number of aryl methyl sites for hydroxylation is 1. The van der Waals surface area contributed by atoms with Crippen LogP contribution in [0.4, 0.5) is 10.1 Å². The third kappa shape index (κ3) is 2.42. The molecule has 2 aromatic carbocycles. The van der Waals surface area contributed by atoms with Crippen molar-refractivity contribution in [2.24, 2.45) is 5.73 Å². The fraction of sp³-hybridized carbons (Fsp3) is 0.333. The van der Waals surface area contributed by atoms with Gasteiger partial charge < -0.3 is 10.6 Å². The first-order valence-electron chi connectivity index (χ1n) is 7.41. The molecule has 2 aromatic rings. The Morgan fingerprint density at radius 3 is 2.48 bits per heavy atom. The predicted molar refractivity (Wildman–Crippen MR) is 85.1 cm³/mol. The molecule has 0 radical (unpaired) electrons. The fourth-order valence-electron chi connectivity index (χ4n) is 3.36. The summed E-state index contributed by atoms with van der Waals surface area (Å²) >= 11 is 0. The number of halogens is 1. The van der Waals surface area contributed by atoms with Crippen LogP contribution in [0.5, 0.6) is 0 Å². The van der Waals surface area contributed by atoms with Gasteiger partial charge in [0.1, 0.15) is 5.82 Å². The molecule has 0 saturated carbocycles. The van der Waals surface area contributed by atoms with Crippen molar-refractivity contribution in [2.45, 2.75) is 24.8 Å². The van der Waals surface area contributed by atoms with Gasteiger partial charge in [-0.3, -0.25) is 0 Å². The number of hydrogen-bond acceptors (Lipinski definition) is 2. The van der Waals surface area contributed by atoms with E-state index in [2.05, 4.69) is 24.3 Å². The Morgan fingerprint density at radius 1 is 1.10 bits per heavy atom. The number of likely N-dealkylation sites (N-methyl/N-ethyl adjacent to an activating group) is 1. The molecule has 1 aliphatic rings. The predicted octanol–water partition coefficient (Wildman–Crippen LogP) is 3.15. The number of rotatable bonds is 3. The minimum Gasteiger partial charge on any atom is -0.365 e. The van der Waals surface area contributed by atoms with E-state index in [-0.39, 0.29) is 11.4 Å². The minimum absolute atomic E-state index is 0.188. The maximum absolute atomic E-state index is 14.1. The lowest BCUT2D eigenvalue weighted by Gasteiger charge is -2.46. The van der Waals surface area contributed by atoms with Crippen LogP contribution < -0.4 is 10.6 Å². The Morgan fingerprint density at radius 2 is 1.76 bits per heavy atom. The molecule has 3 heteroatoms. The molecule has 1 aliphatic carbocycles. The molecule has 3 rings (SSSR count). The smallest absolute Gasteiger partial charge is 0.146 e. The third-order valence-electron chi connectivity index (χ3n) is 4.80. The zero-order valence-corrected chi connectivity index (χ0v) is 12.3. The fourth-order valence-corrected chi connectivity index (χ4v) is 3.36. The van der Waals surface area contributed by atoms with E-state index in [1.807, 2.05) is 24.1 Å². The average molecular weight is 284 g/mol. The monoisotopic (exact) mass is 284 g/mol. The number of anilines is 1. The first-order chi connectivity index (χ1) is 10.2. The second kappa shape index (κ2) is 5.49. The highest BCUT2D eigenvalue weighted by molar-refractivity contribution is 5.51. The van der Waals surface area contributed by atoms with Crippen LogP contribution in [-0.4, -0.2) is 19.1 Å². The van der Waals surface area contributed by atoms with E-state index in [0.29, 0.717) is 12.2 Å². The van der Waals surface area contributed by atoms with Crippen molar-refractivity contribution in [1.82, 2.24) is 0 Å². The summed E-state index contributed by atoms with van der Waals surface area (Å²) in [4.78, 5) is 2.04. The van der Waals surface area contributed by atoms with Crippen LogP contribution in [-0.2, 0) is 12.8 Å². The number of fused-ring (bicyclic) bond motifs is 1. The standard InChI is InChI=1S/C18H21FN2/c1-21(17-9-5-4-8-16(17)19)18(13-20)11-10-14-6-2-3-7-15(14)12-18/h2-9H,10-13,20H2,1H3. The first-order valence-corrected chi connectivity index (χ1v) is 7.41. The molecule has 0 fully saturated rings. The lowest BCUT2D eigenvalue weighted by molar-refractivity contribution is 0.359. The third-order valence-corrected chi connectivity index (χ3v) is 4.80. The summed E-state index contributed by atoms with van der Waals surface area (Å²) in [7, 11) is 1.96. The number of hydrogen-bond donors (Lipinski definition) is 1. The topological polar surface area (TPSA) is 29.3 Å². The lowest BCUT2D eigenvalue weighted by Crippen LogP contribution is -2.56. The summed E-state index contributed by atoms with van der Waals surface area (Å²) in [5, 5.41) is 0. The van der Waals surface area contributed by atoms with E-state index in [1.54, 1.807) is 6.07 Å². The van der Waals surface area contributed by atoms with Gasteiger partial charge in [0.05, 0.1) is 11.2 Å². The quantitative estimate of drug-likeness (QED) is 0.938. The largest absolute Gasteiger partial charge is 0.365 e. The highest BCUT2D eigenvalue weighted by Gasteiger charge is 2.37. The maximum Gasteiger partial charge on any atom is 0.146 e. The highest BCUT2D eigenvalue weighted by atomic mass is 19.1. The highest BCUT2D eigenvalue weighted by Crippen LogP contribution is 2.35. The van der Waals surface area contributed by atoms with Gasteiger partial charge in [0.15, 0.2) is 0 Å². The normalized spacial score (nSPS) is 20.9. The van der Waals surface area contributed by atoms with E-state index < -0.39 is 0 Å². The van der Waals surface area contributed by atoms with Crippen LogP contribution >= 0.6 is 0 Å². The molecule has 0 aromatic heterocycles. The van der Waals surface area contributed by atoms with Crippen molar-refractivity contribution in [3.63, 3.8) is 0 Å². The maximum atomic E-state index is 14.1. The van der Waals surface area contributed by atoms with Gasteiger partial charge in [0.2, 0.25) is 0 Å². The van der Waals surface area contributed by atoms with Gasteiger partial charge in [-0.2, -0.15) is 0 Å². The van der Waals surface area contributed by atoms with Crippen molar-refractivity contribution in [3.05, 3.63) is 65.5 Å². The zero-order chi connectivity index (χ0) is 14.9. The summed E-state index contributed by atoms with van der Waals surface area (Å²) in [6, 6.07) is 15.4. The number of para-hydroxylation sites is 1. The van der Waals surface area contributed by atoms with Crippen LogP contribution in [0.1, 0.15) is 17.5 Å². The van der Waals surface area contributed by atoms with Gasteiger partial charge in [0, 0.05) is 13.6 Å². The second-order valence-corrected chi connectivity index (χ2v) is 5.88. The van der Waals surface area contributed by atoms with E-state index in [0.717, 1.165) is 19.3 Å². The molecular formula is C18H21FN2. The molecule has 0 amide bonds. The second-order valence-electron chi connectivity index (χ2n) is 5.88. The van der Waals surface area contributed by atoms with Crippen molar-refractivity contribution in [2.75, 3.05) is 18.5 Å². The van der Waals surface area contributed by atoms with Crippen LogP contribution in [0.25, 0.3) is 0 Å². The van der Waals surface area contributed by atoms with Gasteiger partial charge in [-0.05, 0) is 42.5 Å². The minimum atomic E-state index is -0.212. The SMILES string of the molecule is CN(c1ccccc1F)C1(CN)CCc2ccccc2C1. The van der Waals surface area contributed by atoms with Crippen molar-refractivity contribution >= 4 is 5.69 Å². The van der Waals surface area contributed by atoms with E-state index in [4.69, 9.17) is 5.73 Å². The summed E-state index contributed by atoms with van der Waals surface area (Å²) < 4.78 is 14.1. The van der Waals surface area contributed by atoms with Crippen molar-refractivity contribution in [1.29, 1.82) is 0 Å². The molecule has 2 nitrogen and oxygen atoms in total. The average Bonchev–Trinajstić information content (AvgIpc) is 2.54. The molecule has 0 heterocycles. The summed E-state index contributed by atoms with van der Waals surface area (Å²) in [6.07, 6.45) is 2.81. The molecule has 0 spiro atoms. The van der Waals surface area contributed by atoms with Crippen LogP contribution in [0.15, 0.2) is 48.5 Å². The van der Waals surface area contributed by atoms with Gasteiger partial charge in [-0.25, -0.2) is 4.39 Å². The summed E-state index contributed by atoms with van der Waals surface area (Å²) in [5.74, 6) is -0.188. The summed E-state index contributed by atoms with van der Waals surface area (Å²) in [5.41, 5.74) is 9.26. The van der Waals surface area contributed by atoms with Crippen molar-refractivity contribution < 1.29 is 4.39 Å². The molecular weight excluding hydrogens is 263 g/mol. The van der Waals surface area contributed by atoms with Gasteiger partial charge in [-0.15, -0.1) is 0 Å². The first kappa shape index (κ1) is 14.1.